The number of halogens is 1. The lowest BCUT2D eigenvalue weighted by molar-refractivity contribution is 0.571. The van der Waals surface area contributed by atoms with Gasteiger partial charge in [-0.3, -0.25) is 0 Å². The highest BCUT2D eigenvalue weighted by Gasteiger charge is 2.02. The molecule has 1 aromatic heterocycles. The van der Waals surface area contributed by atoms with E-state index in [4.69, 9.17) is 10.2 Å². The number of benzene rings is 1. The van der Waals surface area contributed by atoms with Gasteiger partial charge in [0.2, 0.25) is 0 Å². The molecular weight excluding hydrogens is 205 g/mol. The average molecular weight is 217 g/mol. The predicted octanol–water partition coefficient (Wildman–Crippen LogP) is 3.06. The van der Waals surface area contributed by atoms with Gasteiger partial charge in [-0.25, -0.2) is 4.39 Å². The zero-order valence-electron chi connectivity index (χ0n) is 8.69. The van der Waals surface area contributed by atoms with Crippen molar-refractivity contribution in [3.05, 3.63) is 54.1 Å². The van der Waals surface area contributed by atoms with Gasteiger partial charge in [-0.15, -0.1) is 0 Å². The van der Waals surface area contributed by atoms with Crippen LogP contribution in [0.4, 0.5) is 4.39 Å². The van der Waals surface area contributed by atoms with Crippen LogP contribution in [0.25, 0.3) is 17.4 Å². The fourth-order valence-corrected chi connectivity index (χ4v) is 1.40. The van der Waals surface area contributed by atoms with Crippen molar-refractivity contribution in [3.8, 4) is 11.3 Å². The van der Waals surface area contributed by atoms with Gasteiger partial charge < -0.3 is 10.2 Å². The lowest BCUT2D eigenvalue weighted by Gasteiger charge is -1.95. The van der Waals surface area contributed by atoms with E-state index in [1.807, 2.05) is 24.3 Å². The molecule has 0 aliphatic rings. The van der Waals surface area contributed by atoms with Crippen molar-refractivity contribution >= 4 is 6.08 Å². The predicted molar refractivity (Wildman–Crippen MR) is 62.2 cm³/mol. The van der Waals surface area contributed by atoms with Crippen LogP contribution in [0.15, 0.2) is 46.9 Å². The molecule has 2 N–H and O–H groups in total. The summed E-state index contributed by atoms with van der Waals surface area (Å²) in [4.78, 5) is 0. The van der Waals surface area contributed by atoms with Crippen molar-refractivity contribution in [3.63, 3.8) is 0 Å². The summed E-state index contributed by atoms with van der Waals surface area (Å²) in [5.41, 5.74) is 6.20. The number of furan rings is 1. The van der Waals surface area contributed by atoms with E-state index in [0.29, 0.717) is 6.54 Å². The summed E-state index contributed by atoms with van der Waals surface area (Å²) < 4.78 is 18.3. The lowest BCUT2D eigenvalue weighted by atomic mass is 10.2. The van der Waals surface area contributed by atoms with Gasteiger partial charge in [0.25, 0.3) is 0 Å². The quantitative estimate of drug-likeness (QED) is 0.858. The van der Waals surface area contributed by atoms with Gasteiger partial charge in [-0.2, -0.15) is 0 Å². The molecule has 0 fully saturated rings. The maximum absolute atomic E-state index is 12.7. The molecule has 0 saturated carbocycles. The standard InChI is InChI=1S/C13H12FNO/c14-11-5-3-10(4-6-11)13-8-7-12(16-13)2-1-9-15/h1-8H,9,15H2. The van der Waals surface area contributed by atoms with Gasteiger partial charge in [0.1, 0.15) is 17.3 Å². The highest BCUT2D eigenvalue weighted by Crippen LogP contribution is 2.22. The topological polar surface area (TPSA) is 39.2 Å². The van der Waals surface area contributed by atoms with Crippen LogP contribution in [0, 0.1) is 5.82 Å². The van der Waals surface area contributed by atoms with Crippen molar-refractivity contribution in [2.45, 2.75) is 0 Å². The summed E-state index contributed by atoms with van der Waals surface area (Å²) in [6.45, 7) is 0.479. The van der Waals surface area contributed by atoms with Gasteiger partial charge in [0.05, 0.1) is 0 Å². The van der Waals surface area contributed by atoms with Crippen molar-refractivity contribution < 1.29 is 8.81 Å². The Balaban J connectivity index is 2.24. The highest BCUT2D eigenvalue weighted by molar-refractivity contribution is 5.59. The monoisotopic (exact) mass is 217 g/mol. The molecule has 0 radical (unpaired) electrons. The van der Waals surface area contributed by atoms with Gasteiger partial charge in [0, 0.05) is 12.1 Å². The van der Waals surface area contributed by atoms with Crippen LogP contribution in [0.5, 0.6) is 0 Å². The maximum atomic E-state index is 12.7. The molecule has 2 rings (SSSR count). The van der Waals surface area contributed by atoms with E-state index in [1.165, 1.54) is 12.1 Å². The molecule has 0 spiro atoms. The van der Waals surface area contributed by atoms with Crippen molar-refractivity contribution in [2.24, 2.45) is 5.73 Å². The molecule has 2 nitrogen and oxygen atoms in total. The van der Waals surface area contributed by atoms with Crippen LogP contribution < -0.4 is 5.73 Å². The van der Waals surface area contributed by atoms with Crippen LogP contribution >= 0.6 is 0 Å². The van der Waals surface area contributed by atoms with Crippen LogP contribution in [0.3, 0.4) is 0 Å². The average Bonchev–Trinajstić information content (AvgIpc) is 2.76. The normalized spacial score (nSPS) is 11.1. The molecule has 3 heteroatoms. The smallest absolute Gasteiger partial charge is 0.134 e. The Kier molecular flexibility index (Phi) is 3.17. The van der Waals surface area contributed by atoms with Crippen LogP contribution in [-0.4, -0.2) is 6.54 Å². The second-order valence-corrected chi connectivity index (χ2v) is 3.35. The summed E-state index contributed by atoms with van der Waals surface area (Å²) in [7, 11) is 0. The third-order valence-corrected chi connectivity index (χ3v) is 2.17. The van der Waals surface area contributed by atoms with Gasteiger partial charge >= 0.3 is 0 Å². The fourth-order valence-electron chi connectivity index (χ4n) is 1.40. The van der Waals surface area contributed by atoms with Crippen molar-refractivity contribution in [2.75, 3.05) is 6.54 Å². The SMILES string of the molecule is NCC=Cc1ccc(-c2ccc(F)cc2)o1. The highest BCUT2D eigenvalue weighted by atomic mass is 19.1. The number of rotatable bonds is 3. The van der Waals surface area contributed by atoms with E-state index in [-0.39, 0.29) is 5.82 Å². The second-order valence-electron chi connectivity index (χ2n) is 3.35. The molecule has 0 bridgehead atoms. The Morgan fingerprint density at radius 3 is 2.56 bits per heavy atom. The number of hydrogen-bond acceptors (Lipinski definition) is 2. The molecule has 0 saturated heterocycles. The maximum Gasteiger partial charge on any atom is 0.134 e. The first-order valence-corrected chi connectivity index (χ1v) is 5.02. The fraction of sp³-hybridized carbons (Fsp3) is 0.0769. The Bertz CT molecular complexity index is 485. The first-order chi connectivity index (χ1) is 7.79. The first-order valence-electron chi connectivity index (χ1n) is 5.02. The van der Waals surface area contributed by atoms with Crippen LogP contribution in [0.2, 0.25) is 0 Å². The number of hydrogen-bond donors (Lipinski definition) is 1. The third-order valence-electron chi connectivity index (χ3n) is 2.17. The van der Waals surface area contributed by atoms with Crippen LogP contribution in [0.1, 0.15) is 5.76 Å². The zero-order chi connectivity index (χ0) is 11.4. The zero-order valence-corrected chi connectivity index (χ0v) is 8.69. The molecule has 0 atom stereocenters. The Morgan fingerprint density at radius 1 is 1.12 bits per heavy atom. The summed E-state index contributed by atoms with van der Waals surface area (Å²) in [5.74, 6) is 1.21. The summed E-state index contributed by atoms with van der Waals surface area (Å²) in [6, 6.07) is 9.89. The van der Waals surface area contributed by atoms with Gasteiger partial charge in [-0.1, -0.05) is 6.08 Å². The Morgan fingerprint density at radius 2 is 1.88 bits per heavy atom. The summed E-state index contributed by atoms with van der Waals surface area (Å²) in [6.07, 6.45) is 3.63. The molecule has 1 aromatic carbocycles. The van der Waals surface area contributed by atoms with E-state index in [1.54, 1.807) is 12.1 Å². The molecular formula is C13H12FNO. The number of nitrogens with two attached hydrogens (primary N) is 1. The largest absolute Gasteiger partial charge is 0.457 e. The molecule has 82 valence electrons. The van der Waals surface area contributed by atoms with Crippen molar-refractivity contribution in [1.82, 2.24) is 0 Å². The summed E-state index contributed by atoms with van der Waals surface area (Å²) >= 11 is 0. The van der Waals surface area contributed by atoms with E-state index < -0.39 is 0 Å². The Labute approximate surface area is 93.2 Å². The van der Waals surface area contributed by atoms with Crippen LogP contribution in [-0.2, 0) is 0 Å². The molecule has 0 unspecified atom stereocenters. The lowest BCUT2D eigenvalue weighted by Crippen LogP contribution is -1.91. The van der Waals surface area contributed by atoms with E-state index in [2.05, 4.69) is 0 Å². The van der Waals surface area contributed by atoms with Gasteiger partial charge in [0.15, 0.2) is 0 Å². The molecule has 1 heterocycles. The molecule has 16 heavy (non-hydrogen) atoms. The minimum absolute atomic E-state index is 0.251. The molecule has 0 amide bonds. The first kappa shape index (κ1) is 10.6. The minimum Gasteiger partial charge on any atom is -0.457 e. The van der Waals surface area contributed by atoms with E-state index in [0.717, 1.165) is 17.1 Å². The van der Waals surface area contributed by atoms with Crippen molar-refractivity contribution in [1.29, 1.82) is 0 Å². The molecule has 0 aliphatic carbocycles. The molecule has 0 aliphatic heterocycles. The Hall–Kier alpha value is -1.87. The summed E-state index contributed by atoms with van der Waals surface area (Å²) in [5, 5.41) is 0. The second kappa shape index (κ2) is 4.77. The van der Waals surface area contributed by atoms with Gasteiger partial charge in [-0.05, 0) is 42.5 Å². The van der Waals surface area contributed by atoms with E-state index >= 15 is 0 Å². The molecule has 2 aromatic rings. The van der Waals surface area contributed by atoms with E-state index in [9.17, 15) is 4.39 Å². The third kappa shape index (κ3) is 2.38. The minimum atomic E-state index is -0.251.